The second-order valence-electron chi connectivity index (χ2n) is 9.35. The molecular weight excluding hydrogens is 471 g/mol. The second kappa shape index (κ2) is 11.0. The SMILES string of the molecule is CN=C(NCC1CCN(CCc2ccccc2)C1)N1CCC2(CCCCC2)C1.I. The van der Waals surface area contributed by atoms with Crippen LogP contribution in [-0.4, -0.2) is 62.1 Å². The summed E-state index contributed by atoms with van der Waals surface area (Å²) in [5.41, 5.74) is 2.05. The Hall–Kier alpha value is -0.820. The predicted octanol–water partition coefficient (Wildman–Crippen LogP) is 4.40. The molecular formula is C24H39IN4. The number of hydrogen-bond donors (Lipinski definition) is 1. The molecule has 3 fully saturated rings. The van der Waals surface area contributed by atoms with Crippen molar-refractivity contribution < 1.29 is 0 Å². The van der Waals surface area contributed by atoms with Gasteiger partial charge in [0.1, 0.15) is 0 Å². The summed E-state index contributed by atoms with van der Waals surface area (Å²) in [7, 11) is 1.95. The average molecular weight is 511 g/mol. The summed E-state index contributed by atoms with van der Waals surface area (Å²) in [6, 6.07) is 10.9. The van der Waals surface area contributed by atoms with E-state index in [1.165, 1.54) is 89.7 Å². The predicted molar refractivity (Wildman–Crippen MR) is 133 cm³/mol. The van der Waals surface area contributed by atoms with Crippen molar-refractivity contribution in [2.45, 2.75) is 51.4 Å². The van der Waals surface area contributed by atoms with Crippen LogP contribution in [-0.2, 0) is 6.42 Å². The van der Waals surface area contributed by atoms with Crippen LogP contribution < -0.4 is 5.32 Å². The molecule has 2 aliphatic heterocycles. The molecule has 1 aromatic rings. The summed E-state index contributed by atoms with van der Waals surface area (Å²) in [6.45, 7) is 7.13. The highest BCUT2D eigenvalue weighted by Gasteiger charge is 2.39. The molecule has 0 amide bonds. The third-order valence-corrected chi connectivity index (χ3v) is 7.34. The summed E-state index contributed by atoms with van der Waals surface area (Å²) >= 11 is 0. The van der Waals surface area contributed by atoms with Crippen LogP contribution in [0.3, 0.4) is 0 Å². The van der Waals surface area contributed by atoms with Gasteiger partial charge in [-0.05, 0) is 55.5 Å². The number of benzene rings is 1. The van der Waals surface area contributed by atoms with Crippen LogP contribution in [0.2, 0.25) is 0 Å². The van der Waals surface area contributed by atoms with Gasteiger partial charge < -0.3 is 15.1 Å². The minimum Gasteiger partial charge on any atom is -0.356 e. The maximum Gasteiger partial charge on any atom is 0.193 e. The van der Waals surface area contributed by atoms with Crippen LogP contribution in [0.15, 0.2) is 35.3 Å². The van der Waals surface area contributed by atoms with Crippen molar-refractivity contribution in [3.05, 3.63) is 35.9 Å². The quantitative estimate of drug-likeness (QED) is 0.362. The fraction of sp³-hybridized carbons (Fsp3) is 0.708. The number of nitrogens with zero attached hydrogens (tertiary/aromatic N) is 3. The van der Waals surface area contributed by atoms with Crippen molar-refractivity contribution in [3.63, 3.8) is 0 Å². The third kappa shape index (κ3) is 6.09. The third-order valence-electron chi connectivity index (χ3n) is 7.34. The summed E-state index contributed by atoms with van der Waals surface area (Å²) in [6.07, 6.45) is 11.0. The molecule has 5 heteroatoms. The fourth-order valence-corrected chi connectivity index (χ4v) is 5.61. The number of guanidine groups is 1. The van der Waals surface area contributed by atoms with E-state index in [0.29, 0.717) is 5.41 Å². The normalized spacial score (nSPS) is 24.7. The molecule has 4 rings (SSSR count). The Morgan fingerprint density at radius 2 is 1.90 bits per heavy atom. The Kier molecular flexibility index (Phi) is 8.66. The van der Waals surface area contributed by atoms with Crippen LogP contribution in [0.4, 0.5) is 0 Å². The summed E-state index contributed by atoms with van der Waals surface area (Å²) < 4.78 is 0. The molecule has 162 valence electrons. The first kappa shape index (κ1) is 22.9. The molecule has 1 aromatic carbocycles. The zero-order valence-corrected chi connectivity index (χ0v) is 20.4. The van der Waals surface area contributed by atoms with Crippen molar-refractivity contribution in [3.8, 4) is 0 Å². The van der Waals surface area contributed by atoms with Gasteiger partial charge in [0.05, 0.1) is 0 Å². The van der Waals surface area contributed by atoms with Gasteiger partial charge in [-0.1, -0.05) is 49.6 Å². The topological polar surface area (TPSA) is 30.9 Å². The second-order valence-corrected chi connectivity index (χ2v) is 9.35. The first-order chi connectivity index (χ1) is 13.8. The Bertz CT molecular complexity index is 642. The van der Waals surface area contributed by atoms with Crippen LogP contribution in [0, 0.1) is 11.3 Å². The van der Waals surface area contributed by atoms with E-state index in [4.69, 9.17) is 0 Å². The van der Waals surface area contributed by atoms with E-state index in [1.807, 2.05) is 7.05 Å². The van der Waals surface area contributed by atoms with E-state index in [9.17, 15) is 0 Å². The number of halogens is 1. The first-order valence-corrected chi connectivity index (χ1v) is 11.5. The standard InChI is InChI=1S/C24H38N4.HI/c1-25-23(28-17-14-24(20-28)12-6-3-7-13-24)26-18-22-11-16-27(19-22)15-10-21-8-4-2-5-9-21;/h2,4-5,8-9,22H,3,6-7,10-20H2,1H3,(H,25,26);1H. The monoisotopic (exact) mass is 510 g/mol. The van der Waals surface area contributed by atoms with Gasteiger partial charge in [0.15, 0.2) is 5.96 Å². The highest BCUT2D eigenvalue weighted by molar-refractivity contribution is 14.0. The van der Waals surface area contributed by atoms with Gasteiger partial charge >= 0.3 is 0 Å². The van der Waals surface area contributed by atoms with Gasteiger partial charge in [-0.25, -0.2) is 0 Å². The average Bonchev–Trinajstić information content (AvgIpc) is 3.36. The lowest BCUT2D eigenvalue weighted by Crippen LogP contribution is -2.43. The zero-order valence-electron chi connectivity index (χ0n) is 18.1. The molecule has 1 N–H and O–H groups in total. The van der Waals surface area contributed by atoms with Gasteiger partial charge in [-0.2, -0.15) is 0 Å². The molecule has 4 nitrogen and oxygen atoms in total. The molecule has 1 aliphatic carbocycles. The van der Waals surface area contributed by atoms with Crippen molar-refractivity contribution in [1.82, 2.24) is 15.1 Å². The lowest BCUT2D eigenvalue weighted by molar-refractivity contribution is 0.203. The van der Waals surface area contributed by atoms with Gasteiger partial charge in [0, 0.05) is 39.8 Å². The Labute approximate surface area is 194 Å². The largest absolute Gasteiger partial charge is 0.356 e. The minimum atomic E-state index is 0. The van der Waals surface area contributed by atoms with Gasteiger partial charge in [0.25, 0.3) is 0 Å². The molecule has 0 aromatic heterocycles. The van der Waals surface area contributed by atoms with E-state index in [1.54, 1.807) is 0 Å². The van der Waals surface area contributed by atoms with Crippen LogP contribution in [0.1, 0.15) is 50.5 Å². The molecule has 0 bridgehead atoms. The molecule has 1 saturated carbocycles. The highest BCUT2D eigenvalue weighted by atomic mass is 127. The van der Waals surface area contributed by atoms with Gasteiger partial charge in [0.2, 0.25) is 0 Å². The highest BCUT2D eigenvalue weighted by Crippen LogP contribution is 2.43. The number of likely N-dealkylation sites (tertiary alicyclic amines) is 2. The van der Waals surface area contributed by atoms with Gasteiger partial charge in [-0.15, -0.1) is 24.0 Å². The van der Waals surface area contributed by atoms with Crippen LogP contribution >= 0.6 is 24.0 Å². The maximum absolute atomic E-state index is 4.62. The minimum absolute atomic E-state index is 0. The summed E-state index contributed by atoms with van der Waals surface area (Å²) in [5.74, 6) is 1.89. The molecule has 1 atom stereocenters. The number of aliphatic imine (C=N–C) groups is 1. The molecule has 0 radical (unpaired) electrons. The maximum atomic E-state index is 4.62. The van der Waals surface area contributed by atoms with E-state index >= 15 is 0 Å². The molecule has 2 heterocycles. The molecule has 1 spiro atoms. The van der Waals surface area contributed by atoms with E-state index in [0.717, 1.165) is 18.4 Å². The number of nitrogens with one attached hydrogen (secondary N) is 1. The first-order valence-electron chi connectivity index (χ1n) is 11.5. The fourth-order valence-electron chi connectivity index (χ4n) is 5.61. The summed E-state index contributed by atoms with van der Waals surface area (Å²) in [5, 5.41) is 3.72. The smallest absolute Gasteiger partial charge is 0.193 e. The summed E-state index contributed by atoms with van der Waals surface area (Å²) in [4.78, 5) is 9.79. The Morgan fingerprint density at radius 1 is 1.10 bits per heavy atom. The van der Waals surface area contributed by atoms with Crippen molar-refractivity contribution in [2.24, 2.45) is 16.3 Å². The molecule has 1 unspecified atom stereocenters. The molecule has 29 heavy (non-hydrogen) atoms. The van der Waals surface area contributed by atoms with Crippen LogP contribution in [0.25, 0.3) is 0 Å². The van der Waals surface area contributed by atoms with Crippen molar-refractivity contribution >= 4 is 29.9 Å². The Balaban J connectivity index is 0.00000240. The van der Waals surface area contributed by atoms with Gasteiger partial charge in [-0.3, -0.25) is 4.99 Å². The van der Waals surface area contributed by atoms with E-state index < -0.39 is 0 Å². The van der Waals surface area contributed by atoms with E-state index in [-0.39, 0.29) is 24.0 Å². The van der Waals surface area contributed by atoms with Crippen molar-refractivity contribution in [2.75, 3.05) is 46.3 Å². The lowest BCUT2D eigenvalue weighted by Gasteiger charge is -2.33. The van der Waals surface area contributed by atoms with Crippen LogP contribution in [0.5, 0.6) is 0 Å². The molecule has 3 aliphatic rings. The van der Waals surface area contributed by atoms with Crippen molar-refractivity contribution in [1.29, 1.82) is 0 Å². The zero-order chi connectivity index (χ0) is 19.2. The Morgan fingerprint density at radius 3 is 2.66 bits per heavy atom. The lowest BCUT2D eigenvalue weighted by atomic mass is 9.73. The molecule has 2 saturated heterocycles. The number of rotatable bonds is 5. The number of hydrogen-bond acceptors (Lipinski definition) is 2. The van der Waals surface area contributed by atoms with E-state index in [2.05, 4.69) is 50.4 Å².